The molecule has 2 rings (SSSR count). The third-order valence-electron chi connectivity index (χ3n) is 3.64. The van der Waals surface area contributed by atoms with E-state index in [2.05, 4.69) is 4.72 Å². The average molecular weight is 318 g/mol. The molecule has 0 spiro atoms. The first-order valence-electron chi connectivity index (χ1n) is 6.36. The van der Waals surface area contributed by atoms with Crippen molar-refractivity contribution in [1.29, 1.82) is 0 Å². The van der Waals surface area contributed by atoms with Gasteiger partial charge in [-0.2, -0.15) is 0 Å². The van der Waals surface area contributed by atoms with Gasteiger partial charge in [0.2, 0.25) is 20.0 Å². The van der Waals surface area contributed by atoms with Crippen LogP contribution in [0.2, 0.25) is 0 Å². The standard InChI is InChI=1S/C12H18N2O4S2/c1-9(10-5-4-6-10)14-20(17,18)12-8-3-2-7-11(12)19(13,15)16/h2-3,7-10,14H,4-6H2,1H3,(H2,13,15,16). The molecule has 8 heteroatoms. The van der Waals surface area contributed by atoms with Crippen molar-refractivity contribution in [2.75, 3.05) is 0 Å². The summed E-state index contributed by atoms with van der Waals surface area (Å²) >= 11 is 0. The molecule has 0 heterocycles. The second-order valence-corrected chi connectivity index (χ2v) is 8.30. The lowest BCUT2D eigenvalue weighted by Gasteiger charge is -2.31. The van der Waals surface area contributed by atoms with Gasteiger partial charge in [-0.05, 0) is 37.8 Å². The summed E-state index contributed by atoms with van der Waals surface area (Å²) in [5.41, 5.74) is 0. The maximum absolute atomic E-state index is 12.3. The predicted octanol–water partition coefficient (Wildman–Crippen LogP) is 0.801. The van der Waals surface area contributed by atoms with E-state index in [0.29, 0.717) is 5.92 Å². The van der Waals surface area contributed by atoms with E-state index in [4.69, 9.17) is 5.14 Å². The van der Waals surface area contributed by atoms with Crippen molar-refractivity contribution in [3.8, 4) is 0 Å². The van der Waals surface area contributed by atoms with Crippen molar-refractivity contribution in [1.82, 2.24) is 4.72 Å². The molecule has 1 atom stereocenters. The fourth-order valence-corrected chi connectivity index (χ4v) is 4.95. The molecule has 0 aromatic heterocycles. The van der Waals surface area contributed by atoms with E-state index in [1.807, 2.05) is 0 Å². The van der Waals surface area contributed by atoms with Crippen LogP contribution < -0.4 is 9.86 Å². The van der Waals surface area contributed by atoms with Gasteiger partial charge in [0.05, 0.1) is 0 Å². The molecule has 1 aromatic carbocycles. The van der Waals surface area contributed by atoms with Crippen LogP contribution in [0.25, 0.3) is 0 Å². The monoisotopic (exact) mass is 318 g/mol. The van der Waals surface area contributed by atoms with Gasteiger partial charge < -0.3 is 0 Å². The molecule has 20 heavy (non-hydrogen) atoms. The van der Waals surface area contributed by atoms with E-state index in [9.17, 15) is 16.8 Å². The summed E-state index contributed by atoms with van der Waals surface area (Å²) in [5, 5.41) is 5.06. The Kier molecular flexibility index (Phi) is 4.19. The lowest BCUT2D eigenvalue weighted by Crippen LogP contribution is -2.41. The van der Waals surface area contributed by atoms with Gasteiger partial charge in [-0.3, -0.25) is 0 Å². The molecule has 1 saturated carbocycles. The Balaban J connectivity index is 2.34. The van der Waals surface area contributed by atoms with Gasteiger partial charge in [0.25, 0.3) is 0 Å². The summed E-state index contributed by atoms with van der Waals surface area (Å²) in [6, 6.07) is 5.13. The van der Waals surface area contributed by atoms with Gasteiger partial charge >= 0.3 is 0 Å². The zero-order valence-electron chi connectivity index (χ0n) is 11.1. The van der Waals surface area contributed by atoms with Crippen molar-refractivity contribution in [3.63, 3.8) is 0 Å². The van der Waals surface area contributed by atoms with Crippen LogP contribution in [0.4, 0.5) is 0 Å². The molecule has 0 saturated heterocycles. The maximum Gasteiger partial charge on any atom is 0.242 e. The van der Waals surface area contributed by atoms with E-state index >= 15 is 0 Å². The first-order valence-corrected chi connectivity index (χ1v) is 9.39. The van der Waals surface area contributed by atoms with Crippen molar-refractivity contribution in [2.24, 2.45) is 11.1 Å². The number of benzene rings is 1. The number of hydrogen-bond donors (Lipinski definition) is 2. The molecule has 1 fully saturated rings. The lowest BCUT2D eigenvalue weighted by molar-refractivity contribution is 0.260. The highest BCUT2D eigenvalue weighted by Crippen LogP contribution is 2.30. The first kappa shape index (κ1) is 15.4. The number of hydrogen-bond acceptors (Lipinski definition) is 4. The topological polar surface area (TPSA) is 106 Å². The van der Waals surface area contributed by atoms with E-state index in [1.165, 1.54) is 24.3 Å². The molecule has 1 aliphatic carbocycles. The zero-order chi connectivity index (χ0) is 15.0. The summed E-state index contributed by atoms with van der Waals surface area (Å²) in [6.45, 7) is 1.79. The second-order valence-electron chi connectivity index (χ2n) is 5.09. The smallest absolute Gasteiger partial charge is 0.225 e. The third kappa shape index (κ3) is 3.20. The molecule has 1 aliphatic rings. The molecular weight excluding hydrogens is 300 g/mol. The summed E-state index contributed by atoms with van der Waals surface area (Å²) in [6.07, 6.45) is 3.07. The first-order chi connectivity index (χ1) is 9.22. The highest BCUT2D eigenvalue weighted by Gasteiger charge is 2.30. The van der Waals surface area contributed by atoms with Crippen LogP contribution in [-0.2, 0) is 20.0 Å². The minimum absolute atomic E-state index is 0.220. The van der Waals surface area contributed by atoms with E-state index in [-0.39, 0.29) is 15.8 Å². The summed E-state index contributed by atoms with van der Waals surface area (Å²) in [4.78, 5) is -0.679. The van der Waals surface area contributed by atoms with Crippen LogP contribution >= 0.6 is 0 Å². The summed E-state index contributed by atoms with van der Waals surface area (Å²) in [5.74, 6) is 0.312. The normalized spacial score (nSPS) is 18.5. The number of nitrogens with one attached hydrogen (secondary N) is 1. The van der Waals surface area contributed by atoms with Gasteiger partial charge in [0.1, 0.15) is 9.79 Å². The molecule has 112 valence electrons. The Morgan fingerprint density at radius 3 is 2.15 bits per heavy atom. The fourth-order valence-electron chi connectivity index (χ4n) is 2.25. The summed E-state index contributed by atoms with van der Waals surface area (Å²) < 4.78 is 50.1. The Morgan fingerprint density at radius 2 is 1.70 bits per heavy atom. The third-order valence-corrected chi connectivity index (χ3v) is 6.36. The Labute approximate surface area is 119 Å². The van der Waals surface area contributed by atoms with Crippen LogP contribution in [0.1, 0.15) is 26.2 Å². The molecule has 0 amide bonds. The second kappa shape index (κ2) is 5.44. The fraction of sp³-hybridized carbons (Fsp3) is 0.500. The Morgan fingerprint density at radius 1 is 1.15 bits per heavy atom. The molecule has 1 aromatic rings. The van der Waals surface area contributed by atoms with Gasteiger partial charge in [0, 0.05) is 6.04 Å². The van der Waals surface area contributed by atoms with Crippen molar-refractivity contribution in [3.05, 3.63) is 24.3 Å². The van der Waals surface area contributed by atoms with Gasteiger partial charge in [-0.1, -0.05) is 18.6 Å². The van der Waals surface area contributed by atoms with Crippen LogP contribution in [0.5, 0.6) is 0 Å². The quantitative estimate of drug-likeness (QED) is 0.837. The van der Waals surface area contributed by atoms with Crippen LogP contribution in [0, 0.1) is 5.92 Å². The number of nitrogens with two attached hydrogens (primary N) is 1. The van der Waals surface area contributed by atoms with Crippen LogP contribution in [0.3, 0.4) is 0 Å². The highest BCUT2D eigenvalue weighted by molar-refractivity contribution is 7.92. The van der Waals surface area contributed by atoms with Crippen molar-refractivity contribution >= 4 is 20.0 Å². The highest BCUT2D eigenvalue weighted by atomic mass is 32.2. The molecule has 1 unspecified atom stereocenters. The Bertz CT molecular complexity index is 694. The molecule has 3 N–H and O–H groups in total. The molecular formula is C12H18N2O4S2. The SMILES string of the molecule is CC(NS(=O)(=O)c1ccccc1S(N)(=O)=O)C1CCC1. The Hall–Kier alpha value is -0.960. The molecule has 6 nitrogen and oxygen atoms in total. The van der Waals surface area contributed by atoms with Crippen molar-refractivity contribution < 1.29 is 16.8 Å². The van der Waals surface area contributed by atoms with Gasteiger partial charge in [-0.15, -0.1) is 0 Å². The molecule has 0 radical (unpaired) electrons. The minimum atomic E-state index is -4.08. The van der Waals surface area contributed by atoms with Gasteiger partial charge in [0.15, 0.2) is 0 Å². The van der Waals surface area contributed by atoms with E-state index in [0.717, 1.165) is 19.3 Å². The lowest BCUT2D eigenvalue weighted by atomic mass is 9.81. The van der Waals surface area contributed by atoms with E-state index < -0.39 is 20.0 Å². The van der Waals surface area contributed by atoms with Crippen LogP contribution in [-0.4, -0.2) is 22.9 Å². The minimum Gasteiger partial charge on any atom is -0.225 e. The zero-order valence-corrected chi connectivity index (χ0v) is 12.7. The number of rotatable bonds is 5. The van der Waals surface area contributed by atoms with Gasteiger partial charge in [-0.25, -0.2) is 26.7 Å². The molecule has 0 bridgehead atoms. The van der Waals surface area contributed by atoms with Crippen LogP contribution in [0.15, 0.2) is 34.1 Å². The predicted molar refractivity (Wildman–Crippen MR) is 74.9 cm³/mol. The average Bonchev–Trinajstić information content (AvgIpc) is 2.24. The van der Waals surface area contributed by atoms with Crippen molar-refractivity contribution in [2.45, 2.75) is 42.0 Å². The number of sulfonamides is 2. The maximum atomic E-state index is 12.3. The summed E-state index contributed by atoms with van der Waals surface area (Å²) in [7, 11) is -7.99. The van der Waals surface area contributed by atoms with E-state index in [1.54, 1.807) is 6.92 Å². The largest absolute Gasteiger partial charge is 0.242 e. The number of primary sulfonamides is 1. The molecule has 0 aliphatic heterocycles.